The lowest BCUT2D eigenvalue weighted by atomic mass is 10.1. The molecule has 0 saturated carbocycles. The van der Waals surface area contributed by atoms with Crippen molar-refractivity contribution in [2.75, 3.05) is 6.26 Å². The molecular formula is C13H17NO6S. The lowest BCUT2D eigenvalue weighted by Gasteiger charge is -2.18. The smallest absolute Gasteiger partial charge is 0.328 e. The summed E-state index contributed by atoms with van der Waals surface area (Å²) in [5.41, 5.74) is 0.541. The third-order valence-corrected chi connectivity index (χ3v) is 4.03. The molecule has 0 heterocycles. The van der Waals surface area contributed by atoms with Crippen molar-refractivity contribution in [2.24, 2.45) is 0 Å². The van der Waals surface area contributed by atoms with E-state index in [2.05, 4.69) is 5.32 Å². The summed E-state index contributed by atoms with van der Waals surface area (Å²) < 4.78 is 23.0. The number of amides is 1. The zero-order chi connectivity index (χ0) is 16.4. The van der Waals surface area contributed by atoms with Crippen molar-refractivity contribution in [1.29, 1.82) is 0 Å². The van der Waals surface area contributed by atoms with Crippen molar-refractivity contribution in [3.63, 3.8) is 0 Å². The van der Waals surface area contributed by atoms with Gasteiger partial charge in [0.25, 0.3) is 5.91 Å². The fourth-order valence-corrected chi connectivity index (χ4v) is 2.33. The standard InChI is InChI=1S/C13H17NO6S/c1-7-4-5-9(21(3,19)20)6-10(7)12(16)14-11(8(2)15)13(17)18/h4-6,8,11,15H,1-3H3,(H,14,16)(H,17,18). The van der Waals surface area contributed by atoms with Crippen LogP contribution in [-0.4, -0.2) is 48.9 Å². The number of carbonyl (C=O) groups is 2. The van der Waals surface area contributed by atoms with Gasteiger partial charge >= 0.3 is 5.97 Å². The SMILES string of the molecule is Cc1ccc(S(C)(=O)=O)cc1C(=O)NC(C(=O)O)C(C)O. The summed E-state index contributed by atoms with van der Waals surface area (Å²) >= 11 is 0. The highest BCUT2D eigenvalue weighted by molar-refractivity contribution is 7.90. The van der Waals surface area contributed by atoms with Crippen LogP contribution in [0.5, 0.6) is 0 Å². The Morgan fingerprint density at radius 1 is 1.29 bits per heavy atom. The molecule has 0 fully saturated rings. The Morgan fingerprint density at radius 2 is 1.86 bits per heavy atom. The maximum atomic E-state index is 12.1. The molecule has 0 saturated heterocycles. The van der Waals surface area contributed by atoms with Gasteiger partial charge in [-0.25, -0.2) is 13.2 Å². The van der Waals surface area contributed by atoms with Gasteiger partial charge in [0.15, 0.2) is 15.9 Å². The van der Waals surface area contributed by atoms with E-state index in [0.29, 0.717) is 5.56 Å². The van der Waals surface area contributed by atoms with Crippen LogP contribution in [0.2, 0.25) is 0 Å². The number of hydrogen-bond donors (Lipinski definition) is 3. The van der Waals surface area contributed by atoms with Crippen molar-refractivity contribution in [2.45, 2.75) is 30.9 Å². The number of carboxylic acids is 1. The molecular weight excluding hydrogens is 298 g/mol. The normalized spacial score (nSPS) is 14.3. The van der Waals surface area contributed by atoms with Crippen molar-refractivity contribution < 1.29 is 28.2 Å². The molecule has 116 valence electrons. The van der Waals surface area contributed by atoms with Gasteiger partial charge in [0.2, 0.25) is 0 Å². The van der Waals surface area contributed by atoms with Gasteiger partial charge < -0.3 is 15.5 Å². The van der Waals surface area contributed by atoms with Gasteiger partial charge in [-0.05, 0) is 31.5 Å². The molecule has 1 amide bonds. The zero-order valence-corrected chi connectivity index (χ0v) is 12.6. The van der Waals surface area contributed by atoms with Crippen LogP contribution < -0.4 is 5.32 Å². The summed E-state index contributed by atoms with van der Waals surface area (Å²) in [6.07, 6.45) is -0.278. The van der Waals surface area contributed by atoms with Gasteiger partial charge in [-0.3, -0.25) is 4.79 Å². The van der Waals surface area contributed by atoms with E-state index >= 15 is 0 Å². The van der Waals surface area contributed by atoms with E-state index in [0.717, 1.165) is 6.26 Å². The summed E-state index contributed by atoms with van der Waals surface area (Å²) in [5, 5.41) is 20.4. The highest BCUT2D eigenvalue weighted by Gasteiger charge is 2.26. The number of aliphatic hydroxyl groups is 1. The molecule has 0 spiro atoms. The van der Waals surface area contributed by atoms with Crippen molar-refractivity contribution in [3.05, 3.63) is 29.3 Å². The highest BCUT2D eigenvalue weighted by atomic mass is 32.2. The van der Waals surface area contributed by atoms with E-state index in [1.54, 1.807) is 6.92 Å². The summed E-state index contributed by atoms with van der Waals surface area (Å²) in [6, 6.07) is 2.54. The first-order valence-electron chi connectivity index (χ1n) is 6.06. The van der Waals surface area contributed by atoms with Gasteiger partial charge in [0, 0.05) is 11.8 Å². The minimum atomic E-state index is -3.48. The van der Waals surface area contributed by atoms with Crippen LogP contribution in [0.4, 0.5) is 0 Å². The van der Waals surface area contributed by atoms with Gasteiger partial charge in [-0.1, -0.05) is 6.07 Å². The maximum Gasteiger partial charge on any atom is 0.328 e. The molecule has 3 N–H and O–H groups in total. The van der Waals surface area contributed by atoms with Crippen LogP contribution in [0.15, 0.2) is 23.1 Å². The van der Waals surface area contributed by atoms with Crippen LogP contribution in [0, 0.1) is 6.92 Å². The Balaban J connectivity index is 3.16. The molecule has 0 aromatic heterocycles. The summed E-state index contributed by atoms with van der Waals surface area (Å²) in [7, 11) is -3.48. The molecule has 0 aliphatic heterocycles. The molecule has 1 aromatic carbocycles. The molecule has 0 radical (unpaired) electrons. The number of aryl methyl sites for hydroxylation is 1. The molecule has 2 unspecified atom stereocenters. The summed E-state index contributed by atoms with van der Waals surface area (Å²) in [5.74, 6) is -2.14. The predicted molar refractivity (Wildman–Crippen MR) is 74.9 cm³/mol. The number of carboxylic acid groups (broad SMARTS) is 1. The van der Waals surface area contributed by atoms with Crippen LogP contribution in [0.3, 0.4) is 0 Å². The summed E-state index contributed by atoms with van der Waals surface area (Å²) in [4.78, 5) is 23.0. The van der Waals surface area contributed by atoms with E-state index < -0.39 is 33.9 Å². The summed E-state index contributed by atoms with van der Waals surface area (Å²) in [6.45, 7) is 2.83. The van der Waals surface area contributed by atoms with E-state index in [1.807, 2.05) is 0 Å². The zero-order valence-electron chi connectivity index (χ0n) is 11.8. The maximum absolute atomic E-state index is 12.1. The molecule has 1 aromatic rings. The van der Waals surface area contributed by atoms with Crippen LogP contribution in [-0.2, 0) is 14.6 Å². The monoisotopic (exact) mass is 315 g/mol. The van der Waals surface area contributed by atoms with E-state index in [9.17, 15) is 23.1 Å². The number of sulfone groups is 1. The van der Waals surface area contributed by atoms with E-state index in [1.165, 1.54) is 25.1 Å². The van der Waals surface area contributed by atoms with Crippen LogP contribution in [0.25, 0.3) is 0 Å². The Hall–Kier alpha value is -1.93. The van der Waals surface area contributed by atoms with Gasteiger partial charge in [0.05, 0.1) is 11.0 Å². The Labute approximate surface area is 122 Å². The lowest BCUT2D eigenvalue weighted by molar-refractivity contribution is -0.141. The second-order valence-corrected chi connectivity index (χ2v) is 6.79. The van der Waals surface area contributed by atoms with Crippen molar-refractivity contribution in [3.8, 4) is 0 Å². The first-order valence-corrected chi connectivity index (χ1v) is 7.95. The average Bonchev–Trinajstić information content (AvgIpc) is 2.33. The van der Waals surface area contributed by atoms with Gasteiger partial charge in [-0.2, -0.15) is 0 Å². The molecule has 21 heavy (non-hydrogen) atoms. The number of nitrogens with one attached hydrogen (secondary N) is 1. The third-order valence-electron chi connectivity index (χ3n) is 2.92. The fraction of sp³-hybridized carbons (Fsp3) is 0.385. The van der Waals surface area contributed by atoms with Gasteiger partial charge in [0.1, 0.15) is 0 Å². The van der Waals surface area contributed by atoms with Crippen LogP contribution >= 0.6 is 0 Å². The Bertz CT molecular complexity index is 665. The molecule has 0 aliphatic carbocycles. The molecule has 0 aliphatic rings. The average molecular weight is 315 g/mol. The highest BCUT2D eigenvalue weighted by Crippen LogP contribution is 2.16. The topological polar surface area (TPSA) is 121 Å². The molecule has 7 nitrogen and oxygen atoms in total. The predicted octanol–water partition coefficient (Wildman–Crippen LogP) is -0.0377. The largest absolute Gasteiger partial charge is 0.480 e. The fourth-order valence-electron chi connectivity index (χ4n) is 1.68. The quantitative estimate of drug-likeness (QED) is 0.701. The number of benzene rings is 1. The van der Waals surface area contributed by atoms with Crippen molar-refractivity contribution in [1.82, 2.24) is 5.32 Å². The Morgan fingerprint density at radius 3 is 2.29 bits per heavy atom. The number of aliphatic hydroxyl groups excluding tert-OH is 1. The second-order valence-electron chi connectivity index (χ2n) is 4.78. The number of carbonyl (C=O) groups excluding carboxylic acids is 1. The molecule has 0 bridgehead atoms. The van der Waals surface area contributed by atoms with Gasteiger partial charge in [-0.15, -0.1) is 0 Å². The van der Waals surface area contributed by atoms with Crippen LogP contribution in [0.1, 0.15) is 22.8 Å². The van der Waals surface area contributed by atoms with Crippen molar-refractivity contribution >= 4 is 21.7 Å². The second kappa shape index (κ2) is 6.23. The number of hydrogen-bond acceptors (Lipinski definition) is 5. The molecule has 2 atom stereocenters. The minimum Gasteiger partial charge on any atom is -0.480 e. The number of aliphatic carboxylic acids is 1. The van der Waals surface area contributed by atoms with E-state index in [-0.39, 0.29) is 10.5 Å². The number of rotatable bonds is 5. The first-order chi connectivity index (χ1) is 9.54. The van der Waals surface area contributed by atoms with E-state index in [4.69, 9.17) is 5.11 Å². The first kappa shape index (κ1) is 17.1. The Kier molecular flexibility index (Phi) is 5.08. The molecule has 1 rings (SSSR count). The minimum absolute atomic E-state index is 0.0397. The molecule has 8 heteroatoms. The lowest BCUT2D eigenvalue weighted by Crippen LogP contribution is -2.47. The third kappa shape index (κ3) is 4.27.